The fourth-order valence-electron chi connectivity index (χ4n) is 3.01. The average molecular weight is 280 g/mol. The SMILES string of the molecule is CCOC(c1nc(O)c(CC)c(=O)[nH]1)C1CCCCC1. The predicted molar refractivity (Wildman–Crippen MR) is 76.8 cm³/mol. The first-order valence-corrected chi connectivity index (χ1v) is 7.61. The molecule has 0 spiro atoms. The van der Waals surface area contributed by atoms with Crippen LogP contribution in [-0.4, -0.2) is 21.7 Å². The van der Waals surface area contributed by atoms with Gasteiger partial charge < -0.3 is 14.8 Å². The predicted octanol–water partition coefficient (Wildman–Crippen LogP) is 2.70. The molecule has 0 amide bonds. The summed E-state index contributed by atoms with van der Waals surface area (Å²) in [5, 5.41) is 9.90. The van der Waals surface area contributed by atoms with Gasteiger partial charge in [-0.05, 0) is 32.1 Å². The smallest absolute Gasteiger partial charge is 0.257 e. The van der Waals surface area contributed by atoms with E-state index in [0.29, 0.717) is 30.3 Å². The van der Waals surface area contributed by atoms with E-state index in [-0.39, 0.29) is 17.5 Å². The molecule has 1 saturated carbocycles. The highest BCUT2D eigenvalue weighted by Gasteiger charge is 2.28. The number of nitrogens with one attached hydrogen (secondary N) is 1. The number of hydrogen-bond acceptors (Lipinski definition) is 4. The van der Waals surface area contributed by atoms with Gasteiger partial charge in [-0.1, -0.05) is 26.2 Å². The third kappa shape index (κ3) is 3.20. The Labute approximate surface area is 119 Å². The van der Waals surface area contributed by atoms with Gasteiger partial charge in [-0.15, -0.1) is 0 Å². The number of H-pyrrole nitrogens is 1. The summed E-state index contributed by atoms with van der Waals surface area (Å²) < 4.78 is 5.81. The quantitative estimate of drug-likeness (QED) is 0.869. The Morgan fingerprint density at radius 2 is 2.05 bits per heavy atom. The lowest BCUT2D eigenvalue weighted by Crippen LogP contribution is -2.25. The van der Waals surface area contributed by atoms with Crippen molar-refractivity contribution >= 4 is 0 Å². The lowest BCUT2D eigenvalue weighted by atomic mass is 9.85. The van der Waals surface area contributed by atoms with Crippen LogP contribution < -0.4 is 5.56 Å². The van der Waals surface area contributed by atoms with Crippen LogP contribution >= 0.6 is 0 Å². The van der Waals surface area contributed by atoms with E-state index < -0.39 is 0 Å². The molecule has 1 aliphatic carbocycles. The Morgan fingerprint density at radius 3 is 2.60 bits per heavy atom. The van der Waals surface area contributed by atoms with Crippen LogP contribution in [0.1, 0.15) is 63.4 Å². The highest BCUT2D eigenvalue weighted by atomic mass is 16.5. The van der Waals surface area contributed by atoms with E-state index >= 15 is 0 Å². The van der Waals surface area contributed by atoms with Gasteiger partial charge >= 0.3 is 0 Å². The molecule has 0 saturated heterocycles. The molecular formula is C15H24N2O3. The molecular weight excluding hydrogens is 256 g/mol. The molecule has 1 aliphatic rings. The van der Waals surface area contributed by atoms with Gasteiger partial charge in [0.05, 0.1) is 5.56 Å². The topological polar surface area (TPSA) is 75.2 Å². The standard InChI is InChI=1S/C15H24N2O3/c1-3-11-14(18)16-13(17-15(11)19)12(20-4-2)10-8-6-5-7-9-10/h10,12H,3-9H2,1-2H3,(H2,16,17,18,19). The molecule has 0 aromatic carbocycles. The van der Waals surface area contributed by atoms with Crippen LogP contribution in [0.5, 0.6) is 5.88 Å². The zero-order chi connectivity index (χ0) is 14.5. The molecule has 0 bridgehead atoms. The first-order valence-electron chi connectivity index (χ1n) is 7.61. The zero-order valence-corrected chi connectivity index (χ0v) is 12.3. The van der Waals surface area contributed by atoms with Crippen molar-refractivity contribution in [1.29, 1.82) is 0 Å². The molecule has 1 atom stereocenters. The zero-order valence-electron chi connectivity index (χ0n) is 12.3. The summed E-state index contributed by atoms with van der Waals surface area (Å²) in [4.78, 5) is 18.9. The second-order valence-corrected chi connectivity index (χ2v) is 5.38. The largest absolute Gasteiger partial charge is 0.493 e. The Balaban J connectivity index is 2.31. The summed E-state index contributed by atoms with van der Waals surface area (Å²) in [6, 6.07) is 0. The maximum atomic E-state index is 12.0. The van der Waals surface area contributed by atoms with E-state index in [9.17, 15) is 9.90 Å². The molecule has 1 fully saturated rings. The first-order chi connectivity index (χ1) is 9.67. The second-order valence-electron chi connectivity index (χ2n) is 5.38. The van der Waals surface area contributed by atoms with Gasteiger partial charge in [-0.3, -0.25) is 4.79 Å². The van der Waals surface area contributed by atoms with Gasteiger partial charge in [0.15, 0.2) is 0 Å². The van der Waals surface area contributed by atoms with Crippen molar-refractivity contribution in [3.8, 4) is 5.88 Å². The molecule has 1 aromatic rings. The summed E-state index contributed by atoms with van der Waals surface area (Å²) in [5.74, 6) is 0.684. The van der Waals surface area contributed by atoms with E-state index in [0.717, 1.165) is 12.8 Å². The lowest BCUT2D eigenvalue weighted by molar-refractivity contribution is -0.000722. The number of aromatic hydroxyl groups is 1. The minimum Gasteiger partial charge on any atom is -0.493 e. The molecule has 1 unspecified atom stereocenters. The van der Waals surface area contributed by atoms with Crippen LogP contribution in [0, 0.1) is 5.92 Å². The van der Waals surface area contributed by atoms with Crippen LogP contribution in [0.25, 0.3) is 0 Å². The highest BCUT2D eigenvalue weighted by Crippen LogP contribution is 2.35. The van der Waals surface area contributed by atoms with E-state index in [1.54, 1.807) is 0 Å². The minimum absolute atomic E-state index is 0.160. The van der Waals surface area contributed by atoms with Crippen LogP contribution in [0.3, 0.4) is 0 Å². The Bertz CT molecular complexity index is 492. The van der Waals surface area contributed by atoms with E-state index in [4.69, 9.17) is 4.74 Å². The van der Waals surface area contributed by atoms with Gasteiger partial charge in [0.2, 0.25) is 5.88 Å². The summed E-state index contributed by atoms with van der Waals surface area (Å²) in [6.45, 7) is 4.34. The van der Waals surface area contributed by atoms with E-state index in [1.165, 1.54) is 19.3 Å². The fourth-order valence-corrected chi connectivity index (χ4v) is 3.01. The maximum absolute atomic E-state index is 12.0. The monoisotopic (exact) mass is 280 g/mol. The van der Waals surface area contributed by atoms with Crippen molar-refractivity contribution in [2.75, 3.05) is 6.61 Å². The normalized spacial score (nSPS) is 18.1. The van der Waals surface area contributed by atoms with Crippen LogP contribution in [0.15, 0.2) is 4.79 Å². The number of aromatic amines is 1. The molecule has 20 heavy (non-hydrogen) atoms. The number of ether oxygens (including phenoxy) is 1. The summed E-state index contributed by atoms with van der Waals surface area (Å²) >= 11 is 0. The molecule has 112 valence electrons. The van der Waals surface area contributed by atoms with Gasteiger partial charge in [-0.2, -0.15) is 4.98 Å². The fraction of sp³-hybridized carbons (Fsp3) is 0.733. The van der Waals surface area contributed by atoms with Crippen LogP contribution in [0.4, 0.5) is 0 Å². The number of rotatable bonds is 5. The Hall–Kier alpha value is -1.36. The van der Waals surface area contributed by atoms with Gasteiger partial charge in [0.25, 0.3) is 5.56 Å². The van der Waals surface area contributed by atoms with E-state index in [1.807, 2.05) is 13.8 Å². The Morgan fingerprint density at radius 1 is 1.35 bits per heavy atom. The molecule has 1 aromatic heterocycles. The summed E-state index contributed by atoms with van der Waals surface area (Å²) in [6.07, 6.45) is 6.07. The van der Waals surface area contributed by atoms with Gasteiger partial charge in [-0.25, -0.2) is 0 Å². The lowest BCUT2D eigenvalue weighted by Gasteiger charge is -2.29. The molecule has 0 radical (unpaired) electrons. The van der Waals surface area contributed by atoms with Crippen molar-refractivity contribution < 1.29 is 9.84 Å². The first kappa shape index (κ1) is 15.0. The molecule has 0 aliphatic heterocycles. The van der Waals surface area contributed by atoms with Crippen molar-refractivity contribution in [3.63, 3.8) is 0 Å². The number of nitrogens with zero attached hydrogens (tertiary/aromatic N) is 1. The highest BCUT2D eigenvalue weighted by molar-refractivity contribution is 5.22. The summed E-state index contributed by atoms with van der Waals surface area (Å²) in [7, 11) is 0. The molecule has 5 heteroatoms. The van der Waals surface area contributed by atoms with Crippen LogP contribution in [0.2, 0.25) is 0 Å². The average Bonchev–Trinajstić information content (AvgIpc) is 2.45. The third-order valence-electron chi connectivity index (χ3n) is 4.06. The Kier molecular flexibility index (Phi) is 5.17. The number of aromatic nitrogens is 2. The third-order valence-corrected chi connectivity index (χ3v) is 4.06. The van der Waals surface area contributed by atoms with Crippen molar-refractivity contribution in [2.45, 2.75) is 58.5 Å². The van der Waals surface area contributed by atoms with Gasteiger partial charge in [0, 0.05) is 6.61 Å². The molecule has 1 heterocycles. The van der Waals surface area contributed by atoms with Crippen LogP contribution in [-0.2, 0) is 11.2 Å². The molecule has 2 rings (SSSR count). The van der Waals surface area contributed by atoms with E-state index in [2.05, 4.69) is 9.97 Å². The van der Waals surface area contributed by atoms with Gasteiger partial charge in [0.1, 0.15) is 11.9 Å². The second kappa shape index (κ2) is 6.88. The van der Waals surface area contributed by atoms with Crippen molar-refractivity contribution in [1.82, 2.24) is 9.97 Å². The van der Waals surface area contributed by atoms with Crippen molar-refractivity contribution in [2.24, 2.45) is 5.92 Å². The number of hydrogen-bond donors (Lipinski definition) is 2. The maximum Gasteiger partial charge on any atom is 0.257 e. The van der Waals surface area contributed by atoms with Crippen molar-refractivity contribution in [3.05, 3.63) is 21.7 Å². The summed E-state index contributed by atoms with van der Waals surface area (Å²) in [5.41, 5.74) is 0.0863. The molecule has 5 nitrogen and oxygen atoms in total. The molecule has 2 N–H and O–H groups in total. The minimum atomic E-state index is -0.254.